The van der Waals surface area contributed by atoms with E-state index in [9.17, 15) is 8.78 Å². The first-order valence-corrected chi connectivity index (χ1v) is 9.61. The molecular weight excluding hydrogens is 396 g/mol. The molecule has 30 heavy (non-hydrogen) atoms. The Kier molecular flexibility index (Phi) is 5.73. The SMILES string of the molecule is C=C1COCC(C)N1c1nc(-c2cnc(N)cc2C(F)F)nc(N2CCOCC2)n1. The van der Waals surface area contributed by atoms with Gasteiger partial charge in [-0.05, 0) is 13.0 Å². The molecule has 0 saturated carbocycles. The number of hydrogen-bond donors (Lipinski definition) is 1. The standard InChI is InChI=1S/C19H23F2N7O2/c1-11-9-30-10-12(2)28(11)19-25-17(14-8-23-15(22)7-13(14)16(20)21)24-18(26-19)27-3-5-29-6-4-27/h7-8,12,16H,1,3-6,9-10H2,2H3,(H2,22,23). The molecule has 0 bridgehead atoms. The Hall–Kier alpha value is -2.92. The molecule has 2 N–H and O–H groups in total. The molecule has 11 heteroatoms. The zero-order valence-corrected chi connectivity index (χ0v) is 16.6. The van der Waals surface area contributed by atoms with Gasteiger partial charge in [0.25, 0.3) is 6.43 Å². The predicted molar refractivity (Wildman–Crippen MR) is 107 cm³/mol. The lowest BCUT2D eigenvalue weighted by Crippen LogP contribution is -2.43. The highest BCUT2D eigenvalue weighted by molar-refractivity contribution is 5.64. The summed E-state index contributed by atoms with van der Waals surface area (Å²) in [6.45, 7) is 9.04. The molecule has 4 rings (SSSR count). The number of aromatic nitrogens is 4. The summed E-state index contributed by atoms with van der Waals surface area (Å²) >= 11 is 0. The van der Waals surface area contributed by atoms with Gasteiger partial charge in [-0.2, -0.15) is 15.0 Å². The van der Waals surface area contributed by atoms with Crippen molar-refractivity contribution >= 4 is 17.7 Å². The van der Waals surface area contributed by atoms with Gasteiger partial charge in [0.05, 0.1) is 32.5 Å². The van der Waals surface area contributed by atoms with E-state index in [-0.39, 0.29) is 28.8 Å². The van der Waals surface area contributed by atoms with Crippen LogP contribution >= 0.6 is 0 Å². The fraction of sp³-hybridized carbons (Fsp3) is 0.474. The number of nitrogen functional groups attached to an aromatic ring is 1. The molecule has 2 aliphatic heterocycles. The van der Waals surface area contributed by atoms with Crippen LogP contribution in [0.1, 0.15) is 18.9 Å². The van der Waals surface area contributed by atoms with E-state index in [0.717, 1.165) is 6.07 Å². The molecule has 4 heterocycles. The molecule has 0 spiro atoms. The van der Waals surface area contributed by atoms with Crippen LogP contribution in [0.2, 0.25) is 0 Å². The highest BCUT2D eigenvalue weighted by Gasteiger charge is 2.28. The van der Waals surface area contributed by atoms with Gasteiger partial charge >= 0.3 is 0 Å². The lowest BCUT2D eigenvalue weighted by molar-refractivity contribution is 0.119. The van der Waals surface area contributed by atoms with E-state index in [2.05, 4.69) is 26.5 Å². The lowest BCUT2D eigenvalue weighted by atomic mass is 10.1. The predicted octanol–water partition coefficient (Wildman–Crippen LogP) is 2.03. The van der Waals surface area contributed by atoms with Crippen molar-refractivity contribution in [3.8, 4) is 11.4 Å². The van der Waals surface area contributed by atoms with Gasteiger partial charge in [0.2, 0.25) is 11.9 Å². The van der Waals surface area contributed by atoms with Gasteiger partial charge < -0.3 is 25.0 Å². The maximum atomic E-state index is 13.7. The van der Waals surface area contributed by atoms with E-state index in [0.29, 0.717) is 57.1 Å². The quantitative estimate of drug-likeness (QED) is 0.797. The summed E-state index contributed by atoms with van der Waals surface area (Å²) in [7, 11) is 0. The number of rotatable bonds is 4. The maximum Gasteiger partial charge on any atom is 0.264 e. The second-order valence-electron chi connectivity index (χ2n) is 7.16. The van der Waals surface area contributed by atoms with Crippen molar-refractivity contribution in [1.82, 2.24) is 19.9 Å². The number of nitrogens with two attached hydrogens (primary N) is 1. The number of anilines is 3. The zero-order valence-electron chi connectivity index (χ0n) is 16.6. The van der Waals surface area contributed by atoms with E-state index in [1.54, 1.807) is 0 Å². The Morgan fingerprint density at radius 3 is 2.60 bits per heavy atom. The molecule has 0 aromatic carbocycles. The third-order valence-electron chi connectivity index (χ3n) is 4.96. The Morgan fingerprint density at radius 2 is 1.90 bits per heavy atom. The molecule has 2 saturated heterocycles. The number of morpholine rings is 2. The van der Waals surface area contributed by atoms with Crippen LogP contribution in [-0.2, 0) is 9.47 Å². The molecule has 1 unspecified atom stereocenters. The van der Waals surface area contributed by atoms with Crippen LogP contribution in [-0.4, -0.2) is 65.5 Å². The Bertz CT molecular complexity index is 937. The van der Waals surface area contributed by atoms with Crippen LogP contribution in [0.25, 0.3) is 11.4 Å². The largest absolute Gasteiger partial charge is 0.384 e. The zero-order chi connectivity index (χ0) is 21.3. The summed E-state index contributed by atoms with van der Waals surface area (Å²) in [5, 5.41) is 0. The van der Waals surface area contributed by atoms with Crippen LogP contribution in [0.3, 0.4) is 0 Å². The molecule has 2 aromatic heterocycles. The molecule has 2 aromatic rings. The summed E-state index contributed by atoms with van der Waals surface area (Å²) in [4.78, 5) is 21.4. The molecule has 2 aliphatic rings. The average molecular weight is 419 g/mol. The normalized spacial score (nSPS) is 20.1. The lowest BCUT2D eigenvalue weighted by Gasteiger charge is -2.35. The van der Waals surface area contributed by atoms with Gasteiger partial charge in [0.1, 0.15) is 5.82 Å². The van der Waals surface area contributed by atoms with E-state index >= 15 is 0 Å². The molecule has 0 aliphatic carbocycles. The van der Waals surface area contributed by atoms with E-state index in [1.807, 2.05) is 16.7 Å². The number of hydrogen-bond acceptors (Lipinski definition) is 9. The third kappa shape index (κ3) is 4.03. The van der Waals surface area contributed by atoms with Gasteiger partial charge in [0.15, 0.2) is 5.82 Å². The third-order valence-corrected chi connectivity index (χ3v) is 4.96. The first kappa shape index (κ1) is 20.4. The van der Waals surface area contributed by atoms with Crippen LogP contribution in [0.4, 0.5) is 26.5 Å². The van der Waals surface area contributed by atoms with Crippen molar-refractivity contribution in [1.29, 1.82) is 0 Å². The average Bonchev–Trinajstić information content (AvgIpc) is 2.74. The van der Waals surface area contributed by atoms with Gasteiger partial charge in [0, 0.05) is 36.1 Å². The van der Waals surface area contributed by atoms with Crippen molar-refractivity contribution in [3.05, 3.63) is 30.1 Å². The van der Waals surface area contributed by atoms with Crippen molar-refractivity contribution in [2.24, 2.45) is 0 Å². The van der Waals surface area contributed by atoms with Crippen LogP contribution in [0.5, 0.6) is 0 Å². The number of ether oxygens (including phenoxy) is 2. The molecule has 2 fully saturated rings. The van der Waals surface area contributed by atoms with Crippen molar-refractivity contribution in [2.45, 2.75) is 19.4 Å². The molecule has 0 amide bonds. The molecular formula is C19H23F2N7O2. The molecule has 0 radical (unpaired) electrons. The first-order valence-electron chi connectivity index (χ1n) is 9.61. The van der Waals surface area contributed by atoms with Crippen LogP contribution in [0.15, 0.2) is 24.5 Å². The Balaban J connectivity index is 1.85. The second kappa shape index (κ2) is 8.44. The maximum absolute atomic E-state index is 13.7. The minimum Gasteiger partial charge on any atom is -0.384 e. The summed E-state index contributed by atoms with van der Waals surface area (Å²) in [5.41, 5.74) is 6.14. The molecule has 160 valence electrons. The Labute approximate surface area is 172 Å². The van der Waals surface area contributed by atoms with Crippen molar-refractivity contribution in [3.63, 3.8) is 0 Å². The van der Waals surface area contributed by atoms with E-state index in [4.69, 9.17) is 15.2 Å². The minimum atomic E-state index is -2.75. The fourth-order valence-electron chi connectivity index (χ4n) is 3.48. The van der Waals surface area contributed by atoms with Crippen LogP contribution < -0.4 is 15.5 Å². The second-order valence-corrected chi connectivity index (χ2v) is 7.16. The number of pyridine rings is 1. The first-order chi connectivity index (χ1) is 14.4. The number of halogens is 2. The monoisotopic (exact) mass is 419 g/mol. The number of nitrogens with zero attached hydrogens (tertiary/aromatic N) is 6. The van der Waals surface area contributed by atoms with Crippen molar-refractivity contribution in [2.75, 3.05) is 55.1 Å². The van der Waals surface area contributed by atoms with Crippen LogP contribution in [0, 0.1) is 0 Å². The van der Waals surface area contributed by atoms with E-state index < -0.39 is 6.43 Å². The summed E-state index contributed by atoms with van der Waals surface area (Å²) in [6.07, 6.45) is -1.48. The topological polar surface area (TPSA) is 103 Å². The van der Waals surface area contributed by atoms with Crippen molar-refractivity contribution < 1.29 is 18.3 Å². The number of alkyl halides is 2. The molecule has 1 atom stereocenters. The summed E-state index contributed by atoms with van der Waals surface area (Å²) in [5.74, 6) is 0.837. The van der Waals surface area contributed by atoms with Gasteiger partial charge in [-0.25, -0.2) is 13.8 Å². The van der Waals surface area contributed by atoms with Gasteiger partial charge in [-0.1, -0.05) is 6.58 Å². The minimum absolute atomic E-state index is 0.00640. The molecule has 9 nitrogen and oxygen atoms in total. The highest BCUT2D eigenvalue weighted by atomic mass is 19.3. The Morgan fingerprint density at radius 1 is 1.17 bits per heavy atom. The summed E-state index contributed by atoms with van der Waals surface area (Å²) in [6, 6.07) is 1.08. The summed E-state index contributed by atoms with van der Waals surface area (Å²) < 4.78 is 38.3. The van der Waals surface area contributed by atoms with Gasteiger partial charge in [-0.15, -0.1) is 0 Å². The van der Waals surface area contributed by atoms with E-state index in [1.165, 1.54) is 6.20 Å². The highest BCUT2D eigenvalue weighted by Crippen LogP contribution is 2.32. The van der Waals surface area contributed by atoms with Gasteiger partial charge in [-0.3, -0.25) is 0 Å². The fourth-order valence-corrected chi connectivity index (χ4v) is 3.48. The smallest absolute Gasteiger partial charge is 0.264 e.